The van der Waals surface area contributed by atoms with Gasteiger partial charge in [-0.25, -0.2) is 4.39 Å². The average molecular weight is 285 g/mol. The van der Waals surface area contributed by atoms with Crippen LogP contribution in [0.1, 0.15) is 30.1 Å². The van der Waals surface area contributed by atoms with E-state index >= 15 is 0 Å². The van der Waals surface area contributed by atoms with Crippen LogP contribution >= 0.6 is 0 Å². The molecule has 1 aliphatic rings. The van der Waals surface area contributed by atoms with Crippen molar-refractivity contribution < 1.29 is 9.13 Å². The van der Waals surface area contributed by atoms with E-state index in [4.69, 9.17) is 4.74 Å². The van der Waals surface area contributed by atoms with Gasteiger partial charge in [0.05, 0.1) is 0 Å². The van der Waals surface area contributed by atoms with Crippen molar-refractivity contribution in [2.24, 2.45) is 0 Å². The van der Waals surface area contributed by atoms with Gasteiger partial charge >= 0.3 is 0 Å². The number of hydrogen-bond acceptors (Lipinski definition) is 2. The molecule has 0 radical (unpaired) electrons. The zero-order valence-electron chi connectivity index (χ0n) is 12.2. The molecule has 0 saturated heterocycles. The molecule has 0 amide bonds. The van der Waals surface area contributed by atoms with Crippen LogP contribution in [-0.2, 0) is 0 Å². The van der Waals surface area contributed by atoms with Gasteiger partial charge in [-0.15, -0.1) is 0 Å². The Bertz CT molecular complexity index is 595. The molecule has 1 fully saturated rings. The summed E-state index contributed by atoms with van der Waals surface area (Å²) >= 11 is 0. The maximum Gasteiger partial charge on any atom is 0.136 e. The predicted octanol–water partition coefficient (Wildman–Crippen LogP) is 4.01. The number of rotatable bonds is 6. The lowest BCUT2D eigenvalue weighted by Gasteiger charge is -2.21. The molecule has 110 valence electrons. The molecular weight excluding hydrogens is 265 g/mol. The fraction of sp³-hybridized carbons (Fsp3) is 0.333. The van der Waals surface area contributed by atoms with Crippen LogP contribution in [0.15, 0.2) is 48.5 Å². The number of hydrogen-bond donors (Lipinski definition) is 1. The first kappa shape index (κ1) is 14.1. The van der Waals surface area contributed by atoms with E-state index in [2.05, 4.69) is 5.32 Å². The van der Waals surface area contributed by atoms with Gasteiger partial charge in [-0.2, -0.15) is 0 Å². The van der Waals surface area contributed by atoms with E-state index in [1.165, 1.54) is 25.0 Å². The van der Waals surface area contributed by atoms with E-state index in [0.717, 1.165) is 17.7 Å². The highest BCUT2D eigenvalue weighted by atomic mass is 19.1. The van der Waals surface area contributed by atoms with Crippen molar-refractivity contribution in [3.8, 4) is 5.75 Å². The third kappa shape index (κ3) is 3.82. The summed E-state index contributed by atoms with van der Waals surface area (Å²) < 4.78 is 19.5. The van der Waals surface area contributed by atoms with E-state index in [0.29, 0.717) is 11.8 Å². The summed E-state index contributed by atoms with van der Waals surface area (Å²) in [5, 5.41) is 3.49. The average Bonchev–Trinajstić information content (AvgIpc) is 3.32. The summed E-state index contributed by atoms with van der Waals surface area (Å²) in [6, 6.07) is 15.4. The number of nitrogens with one attached hydrogen (secondary N) is 1. The minimum absolute atomic E-state index is 0.104. The molecule has 2 aromatic carbocycles. The van der Waals surface area contributed by atoms with E-state index < -0.39 is 0 Å². The van der Waals surface area contributed by atoms with Gasteiger partial charge in [-0.3, -0.25) is 0 Å². The highest BCUT2D eigenvalue weighted by molar-refractivity contribution is 5.33. The lowest BCUT2D eigenvalue weighted by atomic mass is 10.1. The maximum absolute atomic E-state index is 13.4. The smallest absolute Gasteiger partial charge is 0.136 e. The first-order valence-corrected chi connectivity index (χ1v) is 7.43. The summed E-state index contributed by atoms with van der Waals surface area (Å²) in [5.41, 5.74) is 2.05. The lowest BCUT2D eigenvalue weighted by Crippen LogP contribution is -2.27. The topological polar surface area (TPSA) is 21.3 Å². The van der Waals surface area contributed by atoms with Crippen molar-refractivity contribution in [3.05, 3.63) is 65.5 Å². The molecule has 0 spiro atoms. The Morgan fingerprint density at radius 3 is 2.67 bits per heavy atom. The Balaban J connectivity index is 1.78. The monoisotopic (exact) mass is 285 g/mol. The normalized spacial score (nSPS) is 15.7. The van der Waals surface area contributed by atoms with E-state index in [-0.39, 0.29) is 11.9 Å². The molecule has 3 heteroatoms. The molecule has 1 saturated carbocycles. The molecule has 0 aromatic heterocycles. The minimum Gasteiger partial charge on any atom is -0.484 e. The third-order valence-corrected chi connectivity index (χ3v) is 3.76. The van der Waals surface area contributed by atoms with Gasteiger partial charge in [0.25, 0.3) is 0 Å². The summed E-state index contributed by atoms with van der Waals surface area (Å²) in [5.74, 6) is 0.346. The Morgan fingerprint density at radius 2 is 1.95 bits per heavy atom. The summed E-state index contributed by atoms with van der Waals surface area (Å²) in [6.45, 7) is 2.68. The van der Waals surface area contributed by atoms with Gasteiger partial charge in [0.15, 0.2) is 0 Å². The lowest BCUT2D eigenvalue weighted by molar-refractivity contribution is 0.199. The molecule has 0 aliphatic heterocycles. The number of aryl methyl sites for hydroxylation is 1. The van der Waals surface area contributed by atoms with Crippen molar-refractivity contribution in [1.29, 1.82) is 0 Å². The third-order valence-electron chi connectivity index (χ3n) is 3.76. The quantitative estimate of drug-likeness (QED) is 0.866. The van der Waals surface area contributed by atoms with Crippen molar-refractivity contribution in [2.45, 2.75) is 31.9 Å². The Hall–Kier alpha value is -1.87. The molecular formula is C18H20FNO. The van der Waals surface area contributed by atoms with Crippen molar-refractivity contribution in [1.82, 2.24) is 5.32 Å². The molecule has 21 heavy (non-hydrogen) atoms. The molecule has 1 unspecified atom stereocenters. The largest absolute Gasteiger partial charge is 0.484 e. The van der Waals surface area contributed by atoms with Crippen molar-refractivity contribution in [3.63, 3.8) is 0 Å². The van der Waals surface area contributed by atoms with Crippen molar-refractivity contribution >= 4 is 0 Å². The van der Waals surface area contributed by atoms with Crippen LogP contribution in [0.4, 0.5) is 4.39 Å². The Morgan fingerprint density at radius 1 is 1.19 bits per heavy atom. The molecule has 0 heterocycles. The number of benzene rings is 2. The highest BCUT2D eigenvalue weighted by Gasteiger charge is 2.23. The Labute approximate surface area is 125 Å². The van der Waals surface area contributed by atoms with Gasteiger partial charge in [0.2, 0.25) is 0 Å². The second-order valence-electron chi connectivity index (χ2n) is 5.61. The van der Waals surface area contributed by atoms with Crippen LogP contribution in [0.5, 0.6) is 5.75 Å². The molecule has 1 N–H and O–H groups in total. The van der Waals surface area contributed by atoms with Gasteiger partial charge < -0.3 is 10.1 Å². The van der Waals surface area contributed by atoms with E-state index in [9.17, 15) is 4.39 Å². The first-order chi connectivity index (χ1) is 10.2. The van der Waals surface area contributed by atoms with Crippen LogP contribution in [-0.4, -0.2) is 12.6 Å². The van der Waals surface area contributed by atoms with E-state index in [1.54, 1.807) is 6.07 Å². The van der Waals surface area contributed by atoms with Crippen LogP contribution in [0.25, 0.3) is 0 Å². The highest BCUT2D eigenvalue weighted by Crippen LogP contribution is 2.27. The summed E-state index contributed by atoms with van der Waals surface area (Å²) in [4.78, 5) is 0. The van der Waals surface area contributed by atoms with Crippen LogP contribution in [0.2, 0.25) is 0 Å². The Kier molecular flexibility index (Phi) is 4.20. The first-order valence-electron chi connectivity index (χ1n) is 7.43. The van der Waals surface area contributed by atoms with Gasteiger partial charge in [0, 0.05) is 18.7 Å². The predicted molar refractivity (Wildman–Crippen MR) is 82.0 cm³/mol. The summed E-state index contributed by atoms with van der Waals surface area (Å²) in [6.07, 6.45) is 2.37. The number of ether oxygens (including phenoxy) is 1. The molecule has 1 atom stereocenters. The van der Waals surface area contributed by atoms with Gasteiger partial charge in [-0.05, 0) is 37.0 Å². The second kappa shape index (κ2) is 6.27. The van der Waals surface area contributed by atoms with Gasteiger partial charge in [0.1, 0.15) is 17.7 Å². The van der Waals surface area contributed by atoms with Gasteiger partial charge in [-0.1, -0.05) is 36.4 Å². The van der Waals surface area contributed by atoms with E-state index in [1.807, 2.05) is 37.3 Å². The fourth-order valence-corrected chi connectivity index (χ4v) is 2.31. The number of halogens is 1. The fourth-order valence-electron chi connectivity index (χ4n) is 2.31. The maximum atomic E-state index is 13.4. The molecule has 2 aromatic rings. The molecule has 3 rings (SSSR count). The van der Waals surface area contributed by atoms with Crippen LogP contribution in [0, 0.1) is 12.7 Å². The molecule has 1 aliphatic carbocycles. The van der Waals surface area contributed by atoms with Crippen molar-refractivity contribution in [2.75, 3.05) is 6.54 Å². The molecule has 0 bridgehead atoms. The standard InChI is InChI=1S/C18H20FNO/c1-13-7-8-15(19)11-17(13)21-18(12-20-16-9-10-16)14-5-3-2-4-6-14/h2-8,11,16,18,20H,9-10,12H2,1H3. The van der Waals surface area contributed by atoms with Crippen LogP contribution in [0.3, 0.4) is 0 Å². The van der Waals surface area contributed by atoms with Crippen LogP contribution < -0.4 is 10.1 Å². The second-order valence-corrected chi connectivity index (χ2v) is 5.61. The zero-order chi connectivity index (χ0) is 14.7. The summed E-state index contributed by atoms with van der Waals surface area (Å²) in [7, 11) is 0. The molecule has 2 nitrogen and oxygen atoms in total. The minimum atomic E-state index is -0.266. The SMILES string of the molecule is Cc1ccc(F)cc1OC(CNC1CC1)c1ccccc1. The zero-order valence-corrected chi connectivity index (χ0v) is 12.2.